The summed E-state index contributed by atoms with van der Waals surface area (Å²) >= 11 is 5.88. The molecule has 19 heavy (non-hydrogen) atoms. The van der Waals surface area contributed by atoms with E-state index in [4.69, 9.17) is 11.6 Å². The zero-order chi connectivity index (χ0) is 14.3. The Labute approximate surface area is 121 Å². The Balaban J connectivity index is 2.61. The highest BCUT2D eigenvalue weighted by atomic mass is 35.5. The second-order valence-corrected chi connectivity index (χ2v) is 7.59. The van der Waals surface area contributed by atoms with Crippen molar-refractivity contribution in [3.63, 3.8) is 0 Å². The van der Waals surface area contributed by atoms with Crippen molar-refractivity contribution in [2.75, 3.05) is 25.1 Å². The second kappa shape index (κ2) is 7.88. The predicted octanol–water partition coefficient (Wildman–Crippen LogP) is 2.86. The van der Waals surface area contributed by atoms with Gasteiger partial charge in [0.2, 0.25) is 0 Å². The van der Waals surface area contributed by atoms with Crippen LogP contribution in [-0.4, -0.2) is 33.5 Å². The van der Waals surface area contributed by atoms with E-state index in [0.717, 1.165) is 18.0 Å². The Bertz CT molecular complexity index is 471. The van der Waals surface area contributed by atoms with Crippen molar-refractivity contribution in [3.8, 4) is 0 Å². The molecule has 1 rings (SSSR count). The van der Waals surface area contributed by atoms with Gasteiger partial charge in [-0.1, -0.05) is 30.7 Å². The normalized spacial score (nSPS) is 13.4. The van der Waals surface area contributed by atoms with Crippen LogP contribution in [0.3, 0.4) is 0 Å². The molecule has 1 atom stereocenters. The van der Waals surface area contributed by atoms with E-state index in [1.807, 2.05) is 31.3 Å². The summed E-state index contributed by atoms with van der Waals surface area (Å²) in [5.41, 5.74) is 1.20. The lowest BCUT2D eigenvalue weighted by atomic mass is 9.94. The summed E-state index contributed by atoms with van der Waals surface area (Å²) in [6.45, 7) is 2.54. The topological polar surface area (TPSA) is 46.2 Å². The molecule has 0 spiro atoms. The molecule has 0 fully saturated rings. The lowest BCUT2D eigenvalue weighted by molar-refractivity contribution is 0.562. The standard InChI is InChI=1S/C14H22ClNO2S/c1-3-19(17,18)10-4-5-13(11-16-2)12-6-8-14(15)9-7-12/h6-9,13,16H,3-5,10-11H2,1-2H3. The van der Waals surface area contributed by atoms with Crippen molar-refractivity contribution < 1.29 is 8.42 Å². The number of nitrogens with one attached hydrogen (secondary N) is 1. The van der Waals surface area contributed by atoms with Crippen LogP contribution in [-0.2, 0) is 9.84 Å². The number of halogens is 1. The molecule has 0 heterocycles. The predicted molar refractivity (Wildman–Crippen MR) is 81.7 cm³/mol. The molecule has 0 aliphatic rings. The molecule has 1 N–H and O–H groups in total. The highest BCUT2D eigenvalue weighted by Gasteiger charge is 2.13. The summed E-state index contributed by atoms with van der Waals surface area (Å²) in [5.74, 6) is 0.830. The summed E-state index contributed by atoms with van der Waals surface area (Å²) in [5, 5.41) is 3.88. The van der Waals surface area contributed by atoms with Crippen molar-refractivity contribution >= 4 is 21.4 Å². The molecular weight excluding hydrogens is 282 g/mol. The number of benzene rings is 1. The van der Waals surface area contributed by atoms with E-state index in [9.17, 15) is 8.42 Å². The number of sulfone groups is 1. The van der Waals surface area contributed by atoms with Crippen LogP contribution in [0.15, 0.2) is 24.3 Å². The van der Waals surface area contributed by atoms with Gasteiger partial charge in [0.05, 0.1) is 5.75 Å². The summed E-state index contributed by atoms with van der Waals surface area (Å²) in [6, 6.07) is 7.78. The van der Waals surface area contributed by atoms with Gasteiger partial charge in [-0.25, -0.2) is 8.42 Å². The van der Waals surface area contributed by atoms with Gasteiger partial charge in [-0.15, -0.1) is 0 Å². The van der Waals surface area contributed by atoms with E-state index in [0.29, 0.717) is 12.3 Å². The maximum Gasteiger partial charge on any atom is 0.150 e. The van der Waals surface area contributed by atoms with Gasteiger partial charge in [0.1, 0.15) is 9.84 Å². The molecule has 0 amide bonds. The molecule has 0 aliphatic heterocycles. The van der Waals surface area contributed by atoms with Crippen molar-refractivity contribution in [1.82, 2.24) is 5.32 Å². The van der Waals surface area contributed by atoms with Gasteiger partial charge in [0.15, 0.2) is 0 Å². The van der Waals surface area contributed by atoms with E-state index in [2.05, 4.69) is 5.32 Å². The average Bonchev–Trinajstić information content (AvgIpc) is 2.39. The molecule has 0 aromatic heterocycles. The SMILES string of the molecule is CCS(=O)(=O)CCCC(CNC)c1ccc(Cl)cc1. The highest BCUT2D eigenvalue weighted by molar-refractivity contribution is 7.91. The van der Waals surface area contributed by atoms with E-state index >= 15 is 0 Å². The third kappa shape index (κ3) is 5.93. The van der Waals surface area contributed by atoms with Crippen LogP contribution in [0.1, 0.15) is 31.2 Å². The minimum Gasteiger partial charge on any atom is -0.319 e. The van der Waals surface area contributed by atoms with Gasteiger partial charge >= 0.3 is 0 Å². The first-order chi connectivity index (χ1) is 8.98. The molecule has 0 saturated heterocycles. The highest BCUT2D eigenvalue weighted by Crippen LogP contribution is 2.22. The average molecular weight is 304 g/mol. The summed E-state index contributed by atoms with van der Waals surface area (Å²) in [6.07, 6.45) is 1.56. The molecule has 5 heteroatoms. The largest absolute Gasteiger partial charge is 0.319 e. The second-order valence-electron chi connectivity index (χ2n) is 4.68. The van der Waals surface area contributed by atoms with Crippen molar-refractivity contribution in [2.24, 2.45) is 0 Å². The fourth-order valence-corrected chi connectivity index (χ4v) is 3.08. The van der Waals surface area contributed by atoms with Gasteiger partial charge < -0.3 is 5.32 Å². The van der Waals surface area contributed by atoms with Crippen LogP contribution in [0.4, 0.5) is 0 Å². The summed E-state index contributed by atoms with van der Waals surface area (Å²) in [7, 11) is -0.952. The van der Waals surface area contributed by atoms with Gasteiger partial charge in [0, 0.05) is 17.3 Å². The first-order valence-corrected chi connectivity index (χ1v) is 8.79. The van der Waals surface area contributed by atoms with Crippen LogP contribution < -0.4 is 5.32 Å². The molecule has 0 saturated carbocycles. The Hall–Kier alpha value is -0.580. The maximum atomic E-state index is 11.5. The Kier molecular flexibility index (Phi) is 6.83. The van der Waals surface area contributed by atoms with Crippen LogP contribution in [0, 0.1) is 0 Å². The van der Waals surface area contributed by atoms with Crippen LogP contribution in [0.2, 0.25) is 5.02 Å². The number of rotatable bonds is 8. The smallest absolute Gasteiger partial charge is 0.150 e. The molecule has 0 bridgehead atoms. The van der Waals surface area contributed by atoms with Crippen molar-refractivity contribution in [1.29, 1.82) is 0 Å². The quantitative estimate of drug-likeness (QED) is 0.803. The number of hydrogen-bond donors (Lipinski definition) is 1. The fraction of sp³-hybridized carbons (Fsp3) is 0.571. The maximum absolute atomic E-state index is 11.5. The van der Waals surface area contributed by atoms with E-state index in [1.54, 1.807) is 6.92 Å². The third-order valence-corrected chi connectivity index (χ3v) is 5.28. The van der Waals surface area contributed by atoms with E-state index in [-0.39, 0.29) is 11.5 Å². The minimum atomic E-state index is -2.86. The molecule has 3 nitrogen and oxygen atoms in total. The molecule has 108 valence electrons. The first-order valence-electron chi connectivity index (χ1n) is 6.59. The lowest BCUT2D eigenvalue weighted by Gasteiger charge is -2.17. The first kappa shape index (κ1) is 16.5. The molecule has 1 unspecified atom stereocenters. The van der Waals surface area contributed by atoms with Crippen LogP contribution in [0.5, 0.6) is 0 Å². The van der Waals surface area contributed by atoms with Gasteiger partial charge in [0.25, 0.3) is 0 Å². The Morgan fingerprint density at radius 1 is 1.26 bits per heavy atom. The Morgan fingerprint density at radius 2 is 1.89 bits per heavy atom. The van der Waals surface area contributed by atoms with Crippen molar-refractivity contribution in [2.45, 2.75) is 25.7 Å². The monoisotopic (exact) mass is 303 g/mol. The zero-order valence-electron chi connectivity index (χ0n) is 11.5. The number of likely N-dealkylation sites (N-methyl/N-ethyl adjacent to an activating group) is 1. The third-order valence-electron chi connectivity index (χ3n) is 3.24. The van der Waals surface area contributed by atoms with Gasteiger partial charge in [-0.2, -0.15) is 0 Å². The molecule has 0 radical (unpaired) electrons. The number of hydrogen-bond acceptors (Lipinski definition) is 3. The van der Waals surface area contributed by atoms with Crippen LogP contribution >= 0.6 is 11.6 Å². The molecule has 1 aromatic carbocycles. The molecule has 1 aromatic rings. The van der Waals surface area contributed by atoms with E-state index in [1.165, 1.54) is 5.56 Å². The van der Waals surface area contributed by atoms with Crippen molar-refractivity contribution in [3.05, 3.63) is 34.9 Å². The van der Waals surface area contributed by atoms with E-state index < -0.39 is 9.84 Å². The molecular formula is C14H22ClNO2S. The Morgan fingerprint density at radius 3 is 2.42 bits per heavy atom. The summed E-state index contributed by atoms with van der Waals surface area (Å²) < 4.78 is 23.0. The fourth-order valence-electron chi connectivity index (χ4n) is 2.06. The summed E-state index contributed by atoms with van der Waals surface area (Å²) in [4.78, 5) is 0. The zero-order valence-corrected chi connectivity index (χ0v) is 13.1. The van der Waals surface area contributed by atoms with Crippen LogP contribution in [0.25, 0.3) is 0 Å². The minimum absolute atomic E-state index is 0.227. The van der Waals surface area contributed by atoms with Gasteiger partial charge in [-0.3, -0.25) is 0 Å². The lowest BCUT2D eigenvalue weighted by Crippen LogP contribution is -2.18. The van der Waals surface area contributed by atoms with Gasteiger partial charge in [-0.05, 0) is 43.5 Å². The molecule has 0 aliphatic carbocycles.